The lowest BCUT2D eigenvalue weighted by Gasteiger charge is -2.30. The highest BCUT2D eigenvalue weighted by molar-refractivity contribution is 6.33. The maximum Gasteiger partial charge on any atom is 0.315 e. The molecule has 5 N–H and O–H groups in total. The Bertz CT molecular complexity index is 764. The number of aliphatic hydroxyl groups excluding tert-OH is 1. The number of halogens is 1. The third kappa shape index (κ3) is 5.14. The molecule has 28 heavy (non-hydrogen) atoms. The number of carbonyl (C=O) groups excluding carboxylic acids is 2. The molecule has 1 aromatic heterocycles. The second-order valence-corrected chi connectivity index (χ2v) is 7.60. The van der Waals surface area contributed by atoms with Crippen LogP contribution in [0.5, 0.6) is 0 Å². The van der Waals surface area contributed by atoms with Crippen LogP contribution < -0.4 is 26.4 Å². The molecule has 3 amide bonds. The number of urea groups is 1. The van der Waals surface area contributed by atoms with Gasteiger partial charge in [-0.2, -0.15) is 5.10 Å². The Kier molecular flexibility index (Phi) is 6.74. The molecule has 2 heterocycles. The van der Waals surface area contributed by atoms with Crippen LogP contribution in [0.15, 0.2) is 11.0 Å². The van der Waals surface area contributed by atoms with Crippen molar-refractivity contribution in [2.75, 3.05) is 24.6 Å². The number of hydrogen-bond acceptors (Lipinski definition) is 6. The molecular formula is C17H25ClN6O4. The average Bonchev–Trinajstić information content (AvgIpc) is 3.13. The summed E-state index contributed by atoms with van der Waals surface area (Å²) in [6.45, 7) is 0.724. The van der Waals surface area contributed by atoms with Crippen molar-refractivity contribution in [2.24, 2.45) is 0 Å². The van der Waals surface area contributed by atoms with Gasteiger partial charge in [0.15, 0.2) is 0 Å². The fourth-order valence-electron chi connectivity index (χ4n) is 3.76. The first kappa shape index (κ1) is 20.4. The van der Waals surface area contributed by atoms with Gasteiger partial charge in [0.2, 0.25) is 5.91 Å². The maximum absolute atomic E-state index is 12.3. The first-order valence-electron chi connectivity index (χ1n) is 9.41. The smallest absolute Gasteiger partial charge is 0.315 e. The van der Waals surface area contributed by atoms with Gasteiger partial charge in [0, 0.05) is 31.2 Å². The lowest BCUT2D eigenvalue weighted by atomic mass is 9.91. The number of aromatic amines is 1. The molecule has 0 radical (unpaired) electrons. The van der Waals surface area contributed by atoms with Crippen molar-refractivity contribution in [3.63, 3.8) is 0 Å². The van der Waals surface area contributed by atoms with E-state index in [1.54, 1.807) is 0 Å². The monoisotopic (exact) mass is 412 g/mol. The van der Waals surface area contributed by atoms with Gasteiger partial charge >= 0.3 is 6.03 Å². The number of carbonyl (C=O) groups is 2. The third-order valence-corrected chi connectivity index (χ3v) is 5.58. The highest BCUT2D eigenvalue weighted by atomic mass is 35.5. The Morgan fingerprint density at radius 2 is 1.79 bits per heavy atom. The number of H-pyrrole nitrogens is 1. The zero-order chi connectivity index (χ0) is 20.1. The lowest BCUT2D eigenvalue weighted by molar-refractivity contribution is -0.124. The molecule has 1 saturated heterocycles. The van der Waals surface area contributed by atoms with Crippen molar-refractivity contribution in [2.45, 2.75) is 50.2 Å². The number of rotatable bonds is 5. The molecule has 0 spiro atoms. The van der Waals surface area contributed by atoms with Gasteiger partial charge in [-0.15, -0.1) is 0 Å². The van der Waals surface area contributed by atoms with E-state index in [-0.39, 0.29) is 35.1 Å². The van der Waals surface area contributed by atoms with E-state index in [1.165, 1.54) is 6.20 Å². The average molecular weight is 413 g/mol. The molecule has 2 fully saturated rings. The maximum atomic E-state index is 12.3. The van der Waals surface area contributed by atoms with E-state index in [0.29, 0.717) is 18.8 Å². The normalized spacial score (nSPS) is 24.6. The molecule has 0 unspecified atom stereocenters. The van der Waals surface area contributed by atoms with Crippen LogP contribution in [-0.4, -0.2) is 65.1 Å². The first-order valence-corrected chi connectivity index (χ1v) is 9.79. The minimum atomic E-state index is -0.502. The van der Waals surface area contributed by atoms with Crippen LogP contribution in [-0.2, 0) is 4.79 Å². The van der Waals surface area contributed by atoms with E-state index in [9.17, 15) is 14.4 Å². The number of aromatic nitrogens is 2. The molecule has 0 bridgehead atoms. The SMILES string of the molecule is O=C(CO)NC1CCC(NC(=O)N[C@@H]2CCN(c3cn[nH]c(=O)c3Cl)C2)CC1. The van der Waals surface area contributed by atoms with E-state index in [0.717, 1.165) is 32.1 Å². The molecule has 11 heteroatoms. The van der Waals surface area contributed by atoms with Crippen LogP contribution in [0.3, 0.4) is 0 Å². The lowest BCUT2D eigenvalue weighted by Crippen LogP contribution is -2.49. The van der Waals surface area contributed by atoms with Crippen molar-refractivity contribution in [3.8, 4) is 0 Å². The van der Waals surface area contributed by atoms with Gasteiger partial charge in [-0.1, -0.05) is 11.6 Å². The summed E-state index contributed by atoms with van der Waals surface area (Å²) in [4.78, 5) is 37.0. The van der Waals surface area contributed by atoms with Crippen LogP contribution >= 0.6 is 11.6 Å². The standard InChI is InChI=1S/C17H25ClN6O4/c18-15-13(7-19-23-16(15)27)24-6-5-12(8-24)22-17(28)21-11-3-1-10(2-4-11)20-14(26)9-25/h7,10-12,25H,1-6,8-9H2,(H,20,26)(H,23,27)(H2,21,22,28)/t10?,11?,12-/m1/s1. The van der Waals surface area contributed by atoms with Gasteiger partial charge in [0.25, 0.3) is 5.56 Å². The van der Waals surface area contributed by atoms with Crippen molar-refractivity contribution < 1.29 is 14.7 Å². The number of aliphatic hydroxyl groups is 1. The van der Waals surface area contributed by atoms with Gasteiger partial charge < -0.3 is 26.0 Å². The van der Waals surface area contributed by atoms with Gasteiger partial charge in [-0.25, -0.2) is 9.89 Å². The Morgan fingerprint density at radius 3 is 2.46 bits per heavy atom. The largest absolute Gasteiger partial charge is 0.387 e. The molecule has 10 nitrogen and oxygen atoms in total. The molecule has 1 aliphatic carbocycles. The zero-order valence-electron chi connectivity index (χ0n) is 15.4. The summed E-state index contributed by atoms with van der Waals surface area (Å²) in [7, 11) is 0. The first-order chi connectivity index (χ1) is 13.5. The molecule has 154 valence electrons. The minimum Gasteiger partial charge on any atom is -0.387 e. The minimum absolute atomic E-state index is 0.0458. The summed E-state index contributed by atoms with van der Waals surface area (Å²) in [5, 5.41) is 23.7. The van der Waals surface area contributed by atoms with Crippen LogP contribution in [0, 0.1) is 0 Å². The summed E-state index contributed by atoms with van der Waals surface area (Å²) in [5.74, 6) is -0.365. The quantitative estimate of drug-likeness (QED) is 0.450. The predicted molar refractivity (Wildman–Crippen MR) is 103 cm³/mol. The molecule has 0 aromatic carbocycles. The Morgan fingerprint density at radius 1 is 1.14 bits per heavy atom. The van der Waals surface area contributed by atoms with Crippen molar-refractivity contribution in [3.05, 3.63) is 21.6 Å². The van der Waals surface area contributed by atoms with Gasteiger partial charge in [-0.05, 0) is 32.1 Å². The molecule has 1 atom stereocenters. The molecule has 2 aliphatic rings. The van der Waals surface area contributed by atoms with E-state index in [1.807, 2.05) is 4.90 Å². The van der Waals surface area contributed by atoms with Crippen molar-refractivity contribution in [1.82, 2.24) is 26.1 Å². The molecule has 3 rings (SSSR count). The Labute approximate surface area is 167 Å². The Hall–Kier alpha value is -2.33. The number of anilines is 1. The van der Waals surface area contributed by atoms with Crippen LogP contribution in [0.25, 0.3) is 0 Å². The van der Waals surface area contributed by atoms with E-state index in [4.69, 9.17) is 16.7 Å². The van der Waals surface area contributed by atoms with Crippen molar-refractivity contribution in [1.29, 1.82) is 0 Å². The predicted octanol–water partition coefficient (Wildman–Crippen LogP) is -0.279. The number of hydrogen-bond donors (Lipinski definition) is 5. The Balaban J connectivity index is 1.42. The van der Waals surface area contributed by atoms with E-state index >= 15 is 0 Å². The van der Waals surface area contributed by atoms with Crippen molar-refractivity contribution >= 4 is 29.2 Å². The van der Waals surface area contributed by atoms with Gasteiger partial charge in [-0.3, -0.25) is 9.59 Å². The summed E-state index contributed by atoms with van der Waals surface area (Å²) >= 11 is 6.04. The highest BCUT2D eigenvalue weighted by Gasteiger charge is 2.28. The van der Waals surface area contributed by atoms with Crippen LogP contribution in [0.2, 0.25) is 5.02 Å². The van der Waals surface area contributed by atoms with E-state index < -0.39 is 12.2 Å². The number of nitrogens with zero attached hydrogens (tertiary/aromatic N) is 2. The number of nitrogens with one attached hydrogen (secondary N) is 4. The molecular weight excluding hydrogens is 388 g/mol. The fourth-order valence-corrected chi connectivity index (χ4v) is 3.97. The van der Waals surface area contributed by atoms with Crippen LogP contribution in [0.1, 0.15) is 32.1 Å². The second-order valence-electron chi connectivity index (χ2n) is 7.22. The number of amides is 3. The summed E-state index contributed by atoms with van der Waals surface area (Å²) < 4.78 is 0. The van der Waals surface area contributed by atoms with Gasteiger partial charge in [0.1, 0.15) is 11.6 Å². The zero-order valence-corrected chi connectivity index (χ0v) is 16.2. The summed E-state index contributed by atoms with van der Waals surface area (Å²) in [6, 6.07) is -0.150. The third-order valence-electron chi connectivity index (χ3n) is 5.21. The molecule has 1 saturated carbocycles. The van der Waals surface area contributed by atoms with Crippen LogP contribution in [0.4, 0.5) is 10.5 Å². The topological polar surface area (TPSA) is 139 Å². The molecule has 1 aromatic rings. The second kappa shape index (κ2) is 9.24. The highest BCUT2D eigenvalue weighted by Crippen LogP contribution is 2.24. The summed E-state index contributed by atoms with van der Waals surface area (Å²) in [5.41, 5.74) is 0.137. The fraction of sp³-hybridized carbons (Fsp3) is 0.647. The molecule has 1 aliphatic heterocycles. The van der Waals surface area contributed by atoms with Gasteiger partial charge in [0.05, 0.1) is 11.9 Å². The summed E-state index contributed by atoms with van der Waals surface area (Å²) in [6.07, 6.45) is 5.34. The van der Waals surface area contributed by atoms with E-state index in [2.05, 4.69) is 26.1 Å².